The molecule has 2 fully saturated rings. The second-order valence-corrected chi connectivity index (χ2v) is 4.86. The van der Waals surface area contributed by atoms with Crippen molar-refractivity contribution in [2.24, 2.45) is 0 Å². The highest BCUT2D eigenvalue weighted by Crippen LogP contribution is 2.46. The number of halogens is 1. The molecule has 0 atom stereocenters. The first-order chi connectivity index (χ1) is 7.67. The smallest absolute Gasteiger partial charge is 0.145 e. The average molecular weight is 241 g/mol. The highest BCUT2D eigenvalue weighted by molar-refractivity contribution is 6.32. The van der Waals surface area contributed by atoms with E-state index in [2.05, 4.69) is 0 Å². The van der Waals surface area contributed by atoms with E-state index in [1.165, 1.54) is 0 Å². The largest absolute Gasteiger partial charge is 0.484 e. The molecule has 1 heterocycles. The molecule has 4 heteroatoms. The van der Waals surface area contributed by atoms with Crippen LogP contribution in [0.25, 0.3) is 0 Å². The molecule has 1 saturated heterocycles. The van der Waals surface area contributed by atoms with Gasteiger partial charge in [-0.25, -0.2) is 0 Å². The Kier molecular flexibility index (Phi) is 2.35. The van der Waals surface area contributed by atoms with Crippen LogP contribution in [0.1, 0.15) is 18.4 Å². The van der Waals surface area contributed by atoms with Gasteiger partial charge in [0.1, 0.15) is 11.9 Å². The summed E-state index contributed by atoms with van der Waals surface area (Å²) >= 11 is 6.11. The molecule has 1 saturated carbocycles. The Hall–Kier alpha value is -0.770. The molecule has 0 radical (unpaired) electrons. The molecule has 3 nitrogen and oxygen atoms in total. The lowest BCUT2D eigenvalue weighted by Crippen LogP contribution is -2.38. The molecule has 3 rings (SSSR count). The third-order valence-corrected chi connectivity index (χ3v) is 3.39. The van der Waals surface area contributed by atoms with Gasteiger partial charge in [-0.1, -0.05) is 17.7 Å². The fraction of sp³-hybridized carbons (Fsp3) is 0.500. The van der Waals surface area contributed by atoms with Crippen LogP contribution in [0.5, 0.6) is 5.75 Å². The summed E-state index contributed by atoms with van der Waals surface area (Å²) in [6.07, 6.45) is 1.76. The molecule has 0 unspecified atom stereocenters. The Morgan fingerprint density at radius 3 is 2.62 bits per heavy atom. The van der Waals surface area contributed by atoms with Crippen molar-refractivity contribution in [1.82, 2.24) is 0 Å². The Bertz CT molecular complexity index is 411. The van der Waals surface area contributed by atoms with Gasteiger partial charge >= 0.3 is 0 Å². The molecule has 0 spiro atoms. The topological polar surface area (TPSA) is 38.7 Å². The van der Waals surface area contributed by atoms with Crippen LogP contribution in [-0.2, 0) is 10.3 Å². The first-order valence-electron chi connectivity index (χ1n) is 5.44. The summed E-state index contributed by atoms with van der Waals surface area (Å²) in [5.41, 5.74) is 0.247. The van der Waals surface area contributed by atoms with Gasteiger partial charge in [-0.3, -0.25) is 0 Å². The monoisotopic (exact) mass is 240 g/mol. The van der Waals surface area contributed by atoms with Crippen molar-refractivity contribution in [2.45, 2.75) is 24.5 Å². The highest BCUT2D eigenvalue weighted by atomic mass is 35.5. The van der Waals surface area contributed by atoms with E-state index in [4.69, 9.17) is 21.1 Å². The van der Waals surface area contributed by atoms with E-state index < -0.39 is 5.60 Å². The molecule has 1 aliphatic carbocycles. The third kappa shape index (κ3) is 1.79. The van der Waals surface area contributed by atoms with Crippen LogP contribution in [0.2, 0.25) is 5.02 Å². The lowest BCUT2D eigenvalue weighted by atomic mass is 10.1. The summed E-state index contributed by atoms with van der Waals surface area (Å²) < 4.78 is 10.7. The van der Waals surface area contributed by atoms with Gasteiger partial charge in [-0.05, 0) is 30.5 Å². The summed E-state index contributed by atoms with van der Waals surface area (Å²) in [7, 11) is 0. The van der Waals surface area contributed by atoms with E-state index >= 15 is 0 Å². The summed E-state index contributed by atoms with van der Waals surface area (Å²) in [5.74, 6) is 0.669. The van der Waals surface area contributed by atoms with Crippen LogP contribution in [0.4, 0.5) is 0 Å². The van der Waals surface area contributed by atoms with E-state index in [1.807, 2.05) is 12.1 Å². The van der Waals surface area contributed by atoms with E-state index in [0.717, 1.165) is 18.4 Å². The van der Waals surface area contributed by atoms with Crippen molar-refractivity contribution in [3.05, 3.63) is 28.8 Å². The van der Waals surface area contributed by atoms with E-state index in [1.54, 1.807) is 6.07 Å². The van der Waals surface area contributed by atoms with Gasteiger partial charge < -0.3 is 14.6 Å². The van der Waals surface area contributed by atoms with Gasteiger partial charge in [0.15, 0.2) is 0 Å². The number of hydrogen-bond donors (Lipinski definition) is 1. The first kappa shape index (κ1) is 10.4. The molecule has 0 amide bonds. The van der Waals surface area contributed by atoms with Crippen LogP contribution in [-0.4, -0.2) is 24.4 Å². The SMILES string of the molecule is OC1(c2ccc(OC3COC3)c(Cl)c2)CC1. The molecule has 16 heavy (non-hydrogen) atoms. The zero-order chi connectivity index (χ0) is 11.2. The molecule has 2 aliphatic rings. The maximum absolute atomic E-state index is 9.94. The number of hydrogen-bond acceptors (Lipinski definition) is 3. The van der Waals surface area contributed by atoms with E-state index in [9.17, 15) is 5.11 Å². The highest BCUT2D eigenvalue weighted by Gasteiger charge is 2.42. The fourth-order valence-electron chi connectivity index (χ4n) is 1.75. The molecule has 1 aromatic rings. The van der Waals surface area contributed by atoms with Crippen molar-refractivity contribution in [3.63, 3.8) is 0 Å². The first-order valence-corrected chi connectivity index (χ1v) is 5.82. The van der Waals surface area contributed by atoms with Crippen molar-refractivity contribution < 1.29 is 14.6 Å². The second-order valence-electron chi connectivity index (χ2n) is 4.45. The van der Waals surface area contributed by atoms with Gasteiger partial charge in [-0.2, -0.15) is 0 Å². The molecule has 1 aliphatic heterocycles. The minimum Gasteiger partial charge on any atom is -0.484 e. The Morgan fingerprint density at radius 2 is 2.12 bits per heavy atom. The summed E-state index contributed by atoms with van der Waals surface area (Å²) in [4.78, 5) is 0. The molecule has 1 aromatic carbocycles. The summed E-state index contributed by atoms with van der Waals surface area (Å²) in [6, 6.07) is 5.50. The molecular formula is C12H13ClO3. The summed E-state index contributed by atoms with van der Waals surface area (Å²) in [5, 5.41) is 10.5. The van der Waals surface area contributed by atoms with Crippen LogP contribution in [0.3, 0.4) is 0 Å². The predicted octanol–water partition coefficient (Wildman–Crippen LogP) is 2.10. The molecular weight excluding hydrogens is 228 g/mol. The van der Waals surface area contributed by atoms with E-state index in [-0.39, 0.29) is 6.10 Å². The van der Waals surface area contributed by atoms with Gasteiger partial charge in [0.05, 0.1) is 23.8 Å². The average Bonchev–Trinajstić information content (AvgIpc) is 2.93. The Morgan fingerprint density at radius 1 is 1.38 bits per heavy atom. The lowest BCUT2D eigenvalue weighted by Gasteiger charge is -2.27. The number of rotatable bonds is 3. The maximum Gasteiger partial charge on any atom is 0.145 e. The van der Waals surface area contributed by atoms with Gasteiger partial charge in [-0.15, -0.1) is 0 Å². The van der Waals surface area contributed by atoms with Crippen LogP contribution < -0.4 is 4.74 Å². The van der Waals surface area contributed by atoms with Crippen molar-refractivity contribution >= 4 is 11.6 Å². The number of ether oxygens (including phenoxy) is 2. The second kappa shape index (κ2) is 3.62. The van der Waals surface area contributed by atoms with Crippen molar-refractivity contribution in [1.29, 1.82) is 0 Å². The van der Waals surface area contributed by atoms with Crippen molar-refractivity contribution in [3.8, 4) is 5.75 Å². The molecule has 0 aromatic heterocycles. The van der Waals surface area contributed by atoms with Gasteiger partial charge in [0.25, 0.3) is 0 Å². The van der Waals surface area contributed by atoms with Crippen LogP contribution in [0.15, 0.2) is 18.2 Å². The Balaban J connectivity index is 1.79. The maximum atomic E-state index is 9.94. The van der Waals surface area contributed by atoms with Crippen LogP contribution in [0, 0.1) is 0 Å². The molecule has 86 valence electrons. The quantitative estimate of drug-likeness (QED) is 0.880. The van der Waals surface area contributed by atoms with Gasteiger partial charge in [0.2, 0.25) is 0 Å². The zero-order valence-electron chi connectivity index (χ0n) is 8.78. The number of benzene rings is 1. The zero-order valence-corrected chi connectivity index (χ0v) is 9.54. The molecule has 0 bridgehead atoms. The Labute approximate surface area is 98.9 Å². The van der Waals surface area contributed by atoms with E-state index in [0.29, 0.717) is 24.0 Å². The molecule has 1 N–H and O–H groups in total. The number of aliphatic hydroxyl groups is 1. The third-order valence-electron chi connectivity index (χ3n) is 3.09. The lowest BCUT2D eigenvalue weighted by molar-refractivity contribution is -0.0796. The fourth-order valence-corrected chi connectivity index (χ4v) is 1.98. The minimum atomic E-state index is -0.637. The van der Waals surface area contributed by atoms with Crippen molar-refractivity contribution in [2.75, 3.05) is 13.2 Å². The van der Waals surface area contributed by atoms with Crippen LogP contribution >= 0.6 is 11.6 Å². The predicted molar refractivity (Wildman–Crippen MR) is 59.8 cm³/mol. The minimum absolute atomic E-state index is 0.118. The summed E-state index contributed by atoms with van der Waals surface area (Å²) in [6.45, 7) is 1.25. The standard InChI is InChI=1S/C12H13ClO3/c13-10-5-8(12(14)3-4-12)1-2-11(10)16-9-6-15-7-9/h1-2,5,9,14H,3-4,6-7H2. The van der Waals surface area contributed by atoms with Gasteiger partial charge in [0, 0.05) is 0 Å². The normalized spacial score (nSPS) is 22.6.